The van der Waals surface area contributed by atoms with Crippen LogP contribution in [0, 0.1) is 0 Å². The predicted octanol–water partition coefficient (Wildman–Crippen LogP) is 18.5. The highest BCUT2D eigenvalue weighted by molar-refractivity contribution is 5.71. The van der Waals surface area contributed by atoms with Crippen LogP contribution in [-0.4, -0.2) is 37.2 Å². The normalized spacial score (nSPS) is 12.8. The Kier molecular flexibility index (Phi) is 51.9. The molecular weight excluding hydrogens is 829 g/mol. The molecule has 0 saturated carbocycles. The third kappa shape index (κ3) is 53.2. The molecule has 0 aliphatic heterocycles. The Morgan fingerprint density at radius 2 is 0.582 bits per heavy atom. The van der Waals surface area contributed by atoms with E-state index in [0.717, 1.165) is 128 Å². The number of allylic oxidation sites excluding steroid dienone is 16. The van der Waals surface area contributed by atoms with Gasteiger partial charge in [0.25, 0.3) is 0 Å². The maximum atomic E-state index is 12.8. The van der Waals surface area contributed by atoms with Crippen molar-refractivity contribution < 1.29 is 28.6 Å². The number of rotatable bonds is 49. The fraction of sp³-hybridized carbons (Fsp3) is 0.689. The van der Waals surface area contributed by atoms with Crippen LogP contribution in [0.5, 0.6) is 0 Å². The van der Waals surface area contributed by atoms with Crippen LogP contribution in [0.1, 0.15) is 252 Å². The first-order valence-electron chi connectivity index (χ1n) is 27.7. The van der Waals surface area contributed by atoms with Crippen LogP contribution in [0.15, 0.2) is 97.2 Å². The zero-order chi connectivity index (χ0) is 48.6. The summed E-state index contributed by atoms with van der Waals surface area (Å²) in [5, 5.41) is 0. The minimum absolute atomic E-state index is 0.1000. The highest BCUT2D eigenvalue weighted by Crippen LogP contribution is 2.13. The van der Waals surface area contributed by atoms with Crippen LogP contribution >= 0.6 is 0 Å². The van der Waals surface area contributed by atoms with E-state index in [4.69, 9.17) is 14.2 Å². The van der Waals surface area contributed by atoms with Crippen molar-refractivity contribution in [2.75, 3.05) is 13.2 Å². The van der Waals surface area contributed by atoms with Crippen LogP contribution in [0.2, 0.25) is 0 Å². The summed E-state index contributed by atoms with van der Waals surface area (Å²) in [5.74, 6) is -0.956. The Labute approximate surface area is 413 Å². The quantitative estimate of drug-likeness (QED) is 0.0262. The molecule has 0 amide bonds. The van der Waals surface area contributed by atoms with Gasteiger partial charge in [-0.05, 0) is 122 Å². The highest BCUT2D eigenvalue weighted by Gasteiger charge is 2.19. The molecule has 0 aliphatic carbocycles. The summed E-state index contributed by atoms with van der Waals surface area (Å²) < 4.78 is 16.8. The first kappa shape index (κ1) is 63.3. The molecule has 0 bridgehead atoms. The van der Waals surface area contributed by atoms with E-state index >= 15 is 0 Å². The zero-order valence-corrected chi connectivity index (χ0v) is 43.6. The van der Waals surface area contributed by atoms with Crippen molar-refractivity contribution in [3.05, 3.63) is 97.2 Å². The fourth-order valence-electron chi connectivity index (χ4n) is 7.37. The van der Waals surface area contributed by atoms with Gasteiger partial charge in [0.15, 0.2) is 6.10 Å². The van der Waals surface area contributed by atoms with Gasteiger partial charge in [-0.1, -0.05) is 208 Å². The third-order valence-electron chi connectivity index (χ3n) is 11.5. The Morgan fingerprint density at radius 1 is 0.313 bits per heavy atom. The average molecular weight is 931 g/mol. The molecule has 0 aromatic rings. The molecule has 0 unspecified atom stereocenters. The van der Waals surface area contributed by atoms with Crippen molar-refractivity contribution in [3.8, 4) is 0 Å². The highest BCUT2D eigenvalue weighted by atomic mass is 16.6. The molecule has 0 heterocycles. The van der Waals surface area contributed by atoms with Crippen molar-refractivity contribution in [2.45, 2.75) is 258 Å². The minimum Gasteiger partial charge on any atom is -0.462 e. The SMILES string of the molecule is CC/C=C\C/C=C\C/C=C\CCCCCCCC(=O)O[C@@H](COC(=O)CCCCC/C=C\C/C=C\C/C=C\C/C=C\CCCCC)COC(=O)CCCCCCC/C=C\CCCCCCCC. The number of carbonyl (C=O) groups is 3. The smallest absolute Gasteiger partial charge is 0.306 e. The van der Waals surface area contributed by atoms with Gasteiger partial charge in [0.05, 0.1) is 0 Å². The molecule has 6 nitrogen and oxygen atoms in total. The van der Waals surface area contributed by atoms with Crippen LogP contribution in [0.3, 0.4) is 0 Å². The molecular formula is C61H102O6. The fourth-order valence-corrected chi connectivity index (χ4v) is 7.37. The van der Waals surface area contributed by atoms with Crippen LogP contribution < -0.4 is 0 Å². The number of unbranched alkanes of at least 4 members (excludes halogenated alkanes) is 22. The Bertz CT molecular complexity index is 1350. The predicted molar refractivity (Wildman–Crippen MR) is 288 cm³/mol. The lowest BCUT2D eigenvalue weighted by Gasteiger charge is -2.18. The van der Waals surface area contributed by atoms with Crippen LogP contribution in [0.4, 0.5) is 0 Å². The Balaban J connectivity index is 4.49. The minimum atomic E-state index is -0.804. The molecule has 0 aromatic carbocycles. The summed E-state index contributed by atoms with van der Waals surface area (Å²) >= 11 is 0. The summed E-state index contributed by atoms with van der Waals surface area (Å²) in [4.78, 5) is 38.1. The van der Waals surface area contributed by atoms with Gasteiger partial charge in [0, 0.05) is 19.3 Å². The van der Waals surface area contributed by atoms with Gasteiger partial charge in [-0.25, -0.2) is 0 Å². The summed E-state index contributed by atoms with van der Waals surface area (Å²) in [6, 6.07) is 0. The topological polar surface area (TPSA) is 78.9 Å². The van der Waals surface area contributed by atoms with Crippen molar-refractivity contribution in [1.82, 2.24) is 0 Å². The van der Waals surface area contributed by atoms with E-state index in [1.165, 1.54) is 83.5 Å². The van der Waals surface area contributed by atoms with Crippen molar-refractivity contribution in [3.63, 3.8) is 0 Å². The van der Waals surface area contributed by atoms with Crippen LogP contribution in [0.25, 0.3) is 0 Å². The monoisotopic (exact) mass is 931 g/mol. The van der Waals surface area contributed by atoms with Gasteiger partial charge in [-0.15, -0.1) is 0 Å². The largest absolute Gasteiger partial charge is 0.462 e. The van der Waals surface area contributed by atoms with E-state index in [0.29, 0.717) is 19.3 Å². The molecule has 0 aromatic heterocycles. The third-order valence-corrected chi connectivity index (χ3v) is 11.5. The molecule has 67 heavy (non-hydrogen) atoms. The number of ether oxygens (including phenoxy) is 3. The summed E-state index contributed by atoms with van der Waals surface area (Å²) in [5.41, 5.74) is 0. The molecule has 0 radical (unpaired) electrons. The van der Waals surface area contributed by atoms with Crippen molar-refractivity contribution in [1.29, 1.82) is 0 Å². The lowest BCUT2D eigenvalue weighted by Crippen LogP contribution is -2.30. The molecule has 6 heteroatoms. The van der Waals surface area contributed by atoms with E-state index in [1.807, 2.05) is 0 Å². The molecule has 0 aliphatic rings. The summed E-state index contributed by atoms with van der Waals surface area (Å²) in [6.07, 6.45) is 72.5. The Hall–Kier alpha value is -3.67. The van der Waals surface area contributed by atoms with Gasteiger partial charge in [0.1, 0.15) is 13.2 Å². The average Bonchev–Trinajstić information content (AvgIpc) is 3.33. The molecule has 0 rings (SSSR count). The second kappa shape index (κ2) is 54.9. The van der Waals surface area contributed by atoms with E-state index in [-0.39, 0.29) is 31.1 Å². The first-order chi connectivity index (χ1) is 33.0. The van der Waals surface area contributed by atoms with E-state index in [1.54, 1.807) is 0 Å². The lowest BCUT2D eigenvalue weighted by atomic mass is 10.1. The van der Waals surface area contributed by atoms with Gasteiger partial charge >= 0.3 is 17.9 Å². The molecule has 382 valence electrons. The van der Waals surface area contributed by atoms with E-state index in [2.05, 4.69) is 118 Å². The number of esters is 3. The van der Waals surface area contributed by atoms with E-state index in [9.17, 15) is 14.4 Å². The van der Waals surface area contributed by atoms with Crippen molar-refractivity contribution in [2.24, 2.45) is 0 Å². The molecule has 1 atom stereocenters. The first-order valence-corrected chi connectivity index (χ1v) is 27.7. The molecule has 0 spiro atoms. The van der Waals surface area contributed by atoms with Gasteiger partial charge < -0.3 is 14.2 Å². The Morgan fingerprint density at radius 3 is 0.970 bits per heavy atom. The zero-order valence-electron chi connectivity index (χ0n) is 43.6. The van der Waals surface area contributed by atoms with Crippen LogP contribution in [-0.2, 0) is 28.6 Å². The second-order valence-corrected chi connectivity index (χ2v) is 18.1. The van der Waals surface area contributed by atoms with Gasteiger partial charge in [-0.3, -0.25) is 14.4 Å². The molecule has 0 saturated heterocycles. The number of hydrogen-bond donors (Lipinski definition) is 0. The lowest BCUT2D eigenvalue weighted by molar-refractivity contribution is -0.167. The summed E-state index contributed by atoms with van der Waals surface area (Å²) in [7, 11) is 0. The standard InChI is InChI=1S/C61H102O6/c1-4-7-10-13-16-19-22-25-28-29-30-31-34-36-39-42-45-48-51-54-60(63)66-57-58(67-61(64)55-52-49-46-43-40-37-33-27-24-21-18-15-12-9-6-3)56-65-59(62)53-50-47-44-41-38-35-32-26-23-20-17-14-11-8-5-2/h9,12,16,18-19,21,25-28,30-33,36,39,58H,4-8,10-11,13-15,17,20,22-24,29,34-35,37-38,40-57H2,1-3H3/b12-9-,19-16-,21-18-,28-25-,31-30-,32-26-,33-27-,39-36-/t58-/m1/s1. The second-order valence-electron chi connectivity index (χ2n) is 18.1. The maximum Gasteiger partial charge on any atom is 0.306 e. The van der Waals surface area contributed by atoms with Gasteiger partial charge in [0.2, 0.25) is 0 Å². The number of hydrogen-bond acceptors (Lipinski definition) is 6. The molecule has 0 fully saturated rings. The molecule has 0 N–H and O–H groups in total. The number of carbonyl (C=O) groups excluding carboxylic acids is 3. The van der Waals surface area contributed by atoms with Gasteiger partial charge in [-0.2, -0.15) is 0 Å². The summed E-state index contributed by atoms with van der Waals surface area (Å²) in [6.45, 7) is 6.44. The maximum absolute atomic E-state index is 12.8. The van der Waals surface area contributed by atoms with Crippen molar-refractivity contribution >= 4 is 17.9 Å². The van der Waals surface area contributed by atoms with E-state index < -0.39 is 6.10 Å².